The van der Waals surface area contributed by atoms with Gasteiger partial charge in [0.2, 0.25) is 0 Å². The van der Waals surface area contributed by atoms with Crippen molar-refractivity contribution in [1.82, 2.24) is 0 Å². The van der Waals surface area contributed by atoms with E-state index < -0.39 is 10.5 Å². The second-order valence-electron chi connectivity index (χ2n) is 8.44. The lowest BCUT2D eigenvalue weighted by Crippen LogP contribution is -1.95. The minimum Gasteiger partial charge on any atom is -0.301 e. The third-order valence-electron chi connectivity index (χ3n) is 4.97. The molecule has 0 amide bonds. The molecule has 0 aliphatic carbocycles. The minimum absolute atomic E-state index is 0.543. The second-order valence-corrected chi connectivity index (χ2v) is 18.3. The number of hydrogen-bond donors (Lipinski definition) is 0. The Morgan fingerprint density at radius 2 is 0.618 bits per heavy atom. The summed E-state index contributed by atoms with van der Waals surface area (Å²) in [6, 6.07) is 0. The summed E-state index contributed by atoms with van der Waals surface area (Å²) in [5.41, 5.74) is 0. The number of rotatable bonds is 24. The van der Waals surface area contributed by atoms with Gasteiger partial charge in [-0.1, -0.05) is 105 Å². The summed E-state index contributed by atoms with van der Waals surface area (Å²) in [5, 5.41) is -5.64. The molecular weight excluding hydrogens is 700 g/mol. The lowest BCUT2D eigenvalue weighted by molar-refractivity contribution is 0.215. The van der Waals surface area contributed by atoms with Crippen LogP contribution in [-0.4, -0.2) is 26.4 Å². The van der Waals surface area contributed by atoms with Crippen LogP contribution in [0, 0.1) is 0 Å². The van der Waals surface area contributed by atoms with Gasteiger partial charge < -0.3 is 18.1 Å². The van der Waals surface area contributed by atoms with Gasteiger partial charge in [0.15, 0.2) is 0 Å². The summed E-state index contributed by atoms with van der Waals surface area (Å²) in [7, 11) is 0. The van der Waals surface area contributed by atoms with E-state index in [2.05, 4.69) is 27.7 Å². The summed E-state index contributed by atoms with van der Waals surface area (Å²) in [6.45, 7) is 10.9. The van der Waals surface area contributed by atoms with E-state index in [1.54, 1.807) is 22.0 Å². The molecule has 0 spiro atoms. The predicted octanol–water partition coefficient (Wildman–Crippen LogP) is 11.4. The molecule has 0 aromatic heterocycles. The first kappa shape index (κ1) is 37.9. The van der Waals surface area contributed by atoms with Crippen LogP contribution >= 0.6 is 54.6 Å². The fourth-order valence-corrected chi connectivity index (χ4v) is 6.79. The number of halogens is 2. The molecule has 0 fully saturated rings. The molecule has 0 rings (SSSR count). The van der Waals surface area contributed by atoms with Gasteiger partial charge in [-0.05, 0) is 25.7 Å². The van der Waals surface area contributed by atoms with E-state index in [-0.39, 0.29) is 0 Å². The van der Waals surface area contributed by atoms with Crippen molar-refractivity contribution in [2.45, 2.75) is 130 Å². The van der Waals surface area contributed by atoms with Crippen molar-refractivity contribution in [1.29, 1.82) is 0 Å². The first-order valence-corrected chi connectivity index (χ1v) is 22.1. The van der Waals surface area contributed by atoms with Gasteiger partial charge in [0.1, 0.15) is 0 Å². The topological polar surface area (TPSA) is 71.1 Å². The van der Waals surface area contributed by atoms with Gasteiger partial charge >= 0.3 is 10.5 Å². The van der Waals surface area contributed by atoms with Crippen LogP contribution in [0.3, 0.4) is 0 Å². The van der Waals surface area contributed by atoms with E-state index >= 15 is 0 Å². The molecule has 6 nitrogen and oxygen atoms in total. The van der Waals surface area contributed by atoms with Crippen molar-refractivity contribution in [3.63, 3.8) is 0 Å². The highest BCUT2D eigenvalue weighted by atomic mass is 127. The first-order chi connectivity index (χ1) is 16.2. The van der Waals surface area contributed by atoms with Crippen LogP contribution in [0.1, 0.15) is 130 Å². The van der Waals surface area contributed by atoms with Crippen molar-refractivity contribution < 1.29 is 27.2 Å². The predicted molar refractivity (Wildman–Crippen MR) is 164 cm³/mol. The Hall–Kier alpha value is 1.76. The van der Waals surface area contributed by atoms with Crippen LogP contribution < -0.4 is 0 Å². The molecule has 0 aliphatic heterocycles. The first-order valence-electron chi connectivity index (χ1n) is 13.4. The quantitative estimate of drug-likeness (QED) is 0.0555. The number of hydrogen-bond acceptors (Lipinski definition) is 6. The molecule has 0 aromatic rings. The van der Waals surface area contributed by atoms with Crippen LogP contribution in [-0.2, 0) is 27.2 Å². The highest BCUT2D eigenvalue weighted by Crippen LogP contribution is 2.57. The Bertz CT molecular complexity index is 476. The van der Waals surface area contributed by atoms with Gasteiger partial charge in [-0.2, -0.15) is 0 Å². The van der Waals surface area contributed by atoms with E-state index in [1.807, 2.05) is 22.0 Å². The highest BCUT2D eigenvalue weighted by molar-refractivity contribution is 14.2. The largest absolute Gasteiger partial charge is 0.388 e. The normalized spacial score (nSPS) is 11.9. The monoisotopic (exact) mass is 752 g/mol. The maximum atomic E-state index is 11.9. The SMILES string of the molecule is CCCCCCCOP(=O)(I)OCCCCCCC.CCCCCOP(=O)(I)OCCCCC. The average Bonchev–Trinajstić information content (AvgIpc) is 2.79. The molecule has 0 heterocycles. The van der Waals surface area contributed by atoms with Gasteiger partial charge in [0.05, 0.1) is 70.5 Å². The molecule has 0 bridgehead atoms. The summed E-state index contributed by atoms with van der Waals surface area (Å²) in [6.07, 6.45) is 18.2. The van der Waals surface area contributed by atoms with Crippen molar-refractivity contribution >= 4 is 54.6 Å². The molecule has 0 unspecified atom stereocenters. The molecule has 208 valence electrons. The maximum Gasteiger partial charge on any atom is 0.388 e. The van der Waals surface area contributed by atoms with Gasteiger partial charge in [0, 0.05) is 0 Å². The second kappa shape index (κ2) is 27.8. The molecule has 10 heteroatoms. The molecule has 0 N–H and O–H groups in total. The van der Waals surface area contributed by atoms with Crippen LogP contribution in [0.15, 0.2) is 0 Å². The molecule has 0 aromatic carbocycles. The van der Waals surface area contributed by atoms with Crippen molar-refractivity contribution in [3.8, 4) is 0 Å². The zero-order valence-electron chi connectivity index (χ0n) is 22.2. The van der Waals surface area contributed by atoms with Gasteiger partial charge in [-0.25, -0.2) is 9.13 Å². The fourth-order valence-electron chi connectivity index (χ4n) is 2.88. The van der Waals surface area contributed by atoms with E-state index in [1.165, 1.54) is 38.5 Å². The third kappa shape index (κ3) is 31.8. The van der Waals surface area contributed by atoms with Crippen LogP contribution in [0.4, 0.5) is 0 Å². The number of unbranched alkanes of at least 4 members (excludes halogenated alkanes) is 12. The Morgan fingerprint density at radius 3 is 0.882 bits per heavy atom. The molecule has 0 aliphatic rings. The Labute approximate surface area is 237 Å². The van der Waals surface area contributed by atoms with Crippen molar-refractivity contribution in [2.24, 2.45) is 0 Å². The highest BCUT2D eigenvalue weighted by Gasteiger charge is 2.19. The van der Waals surface area contributed by atoms with E-state index in [0.717, 1.165) is 64.2 Å². The summed E-state index contributed by atoms with van der Waals surface area (Å²) < 4.78 is 44.8. The Kier molecular flexibility index (Phi) is 31.0. The lowest BCUT2D eigenvalue weighted by atomic mass is 10.2. The van der Waals surface area contributed by atoms with Crippen LogP contribution in [0.2, 0.25) is 0 Å². The molecular formula is C24H52I2O6P2. The van der Waals surface area contributed by atoms with E-state index in [4.69, 9.17) is 18.1 Å². The third-order valence-corrected chi connectivity index (χ3v) is 10.3. The van der Waals surface area contributed by atoms with Crippen LogP contribution in [0.5, 0.6) is 0 Å². The van der Waals surface area contributed by atoms with E-state index in [9.17, 15) is 9.13 Å². The van der Waals surface area contributed by atoms with Gasteiger partial charge in [-0.15, -0.1) is 0 Å². The lowest BCUT2D eigenvalue weighted by Gasteiger charge is -2.12. The smallest absolute Gasteiger partial charge is 0.301 e. The molecule has 0 saturated heterocycles. The summed E-state index contributed by atoms with van der Waals surface area (Å²) in [4.78, 5) is 0. The summed E-state index contributed by atoms with van der Waals surface area (Å²) >= 11 is 3.61. The van der Waals surface area contributed by atoms with Crippen molar-refractivity contribution in [3.05, 3.63) is 0 Å². The van der Waals surface area contributed by atoms with Crippen molar-refractivity contribution in [2.75, 3.05) is 26.4 Å². The standard InChI is InChI=1S/C14H30IO3P.C10H22IO3P/c1-3-5-7-9-11-13-17-19(15,16)18-14-12-10-8-6-4-2;1-3-5-7-9-13-15(11,12)14-10-8-6-4-2/h3-14H2,1-2H3;3-10H2,1-2H3. The van der Waals surface area contributed by atoms with Crippen LogP contribution in [0.25, 0.3) is 0 Å². The molecule has 0 saturated carbocycles. The van der Waals surface area contributed by atoms with Gasteiger partial charge in [0.25, 0.3) is 0 Å². The van der Waals surface area contributed by atoms with E-state index in [0.29, 0.717) is 26.4 Å². The minimum atomic E-state index is -2.83. The summed E-state index contributed by atoms with van der Waals surface area (Å²) in [5.74, 6) is 0. The Morgan fingerprint density at radius 1 is 0.412 bits per heavy atom. The zero-order chi connectivity index (χ0) is 26.0. The van der Waals surface area contributed by atoms with Gasteiger partial charge in [-0.3, -0.25) is 0 Å². The zero-order valence-corrected chi connectivity index (χ0v) is 28.3. The average molecular weight is 752 g/mol. The molecule has 0 atom stereocenters. The Balaban J connectivity index is 0. The fraction of sp³-hybridized carbons (Fsp3) is 1.00. The molecule has 0 radical (unpaired) electrons. The maximum absolute atomic E-state index is 11.9. The molecule has 34 heavy (non-hydrogen) atoms.